The molecule has 0 unspecified atom stereocenters. The van der Waals surface area contributed by atoms with Crippen LogP contribution in [-0.2, 0) is 19.1 Å². The molecule has 0 bridgehead atoms. The van der Waals surface area contributed by atoms with Crippen molar-refractivity contribution in [1.29, 1.82) is 4.78 Å². The van der Waals surface area contributed by atoms with Crippen molar-refractivity contribution in [1.82, 2.24) is 0 Å². The van der Waals surface area contributed by atoms with Gasteiger partial charge in [-0.05, 0) is 6.42 Å². The highest BCUT2D eigenvalue weighted by Crippen LogP contribution is 2.25. The zero-order valence-electron chi connectivity index (χ0n) is 8.44. The van der Waals surface area contributed by atoms with Crippen molar-refractivity contribution in [2.24, 2.45) is 5.73 Å². The van der Waals surface area contributed by atoms with Gasteiger partial charge in [-0.2, -0.15) is 0 Å². The zero-order chi connectivity index (χ0) is 13.6. The maximum Gasteiger partial charge on any atom is 0.466 e. The first-order valence-corrected chi connectivity index (χ1v) is 7.51. The minimum Gasteiger partial charge on any atom is -0.480 e. The Labute approximate surface area is 92.5 Å². The van der Waals surface area contributed by atoms with Crippen molar-refractivity contribution in [3.8, 4) is 0 Å². The Kier molecular flexibility index (Phi) is 7.75. The van der Waals surface area contributed by atoms with E-state index in [1.165, 1.54) is 6.26 Å². The van der Waals surface area contributed by atoms with Gasteiger partial charge in [0, 0.05) is 21.7 Å². The van der Waals surface area contributed by atoms with Gasteiger partial charge >= 0.3 is 13.8 Å². The summed E-state index contributed by atoms with van der Waals surface area (Å²) in [5.74, 6) is -1.07. The molecule has 0 aromatic carbocycles. The van der Waals surface area contributed by atoms with Crippen molar-refractivity contribution in [2.45, 2.75) is 12.5 Å². The summed E-state index contributed by atoms with van der Waals surface area (Å²) in [5, 5.41) is 8.30. The fourth-order valence-corrected chi connectivity index (χ4v) is 1.18. The molecule has 98 valence electrons. The van der Waals surface area contributed by atoms with Crippen LogP contribution in [0.2, 0.25) is 0 Å². The van der Waals surface area contributed by atoms with Crippen molar-refractivity contribution < 1.29 is 33.4 Å². The maximum absolute atomic E-state index is 10.7. The molecule has 0 saturated heterocycles. The molecular weight excluding hydrogens is 263 g/mol. The van der Waals surface area contributed by atoms with Crippen molar-refractivity contribution >= 4 is 23.5 Å². The summed E-state index contributed by atoms with van der Waals surface area (Å²) in [7, 11) is -7.23. The van der Waals surface area contributed by atoms with E-state index in [-0.39, 0.29) is 12.2 Å². The number of phosphoric acid groups is 1. The molecule has 0 radical (unpaired) electrons. The number of carboxylic acids is 1. The molecule has 2 atom stereocenters. The molecule has 7 N–H and O–H groups in total. The van der Waals surface area contributed by atoms with Crippen LogP contribution in [0, 0.1) is 4.78 Å². The SMILES string of the molecule is C[S@](=N)(=O)CC[C@H](N)C(=O)O.O=P(O)(O)O. The molecule has 0 aliphatic heterocycles. The quantitative estimate of drug-likeness (QED) is 0.337. The highest BCUT2D eigenvalue weighted by atomic mass is 32.2. The summed E-state index contributed by atoms with van der Waals surface area (Å²) in [6, 6.07) is -0.999. The van der Waals surface area contributed by atoms with Gasteiger partial charge in [0.25, 0.3) is 0 Å². The third-order valence-corrected chi connectivity index (χ3v) is 2.15. The topological polar surface area (TPSA) is 182 Å². The van der Waals surface area contributed by atoms with Gasteiger partial charge in [0.15, 0.2) is 0 Å². The van der Waals surface area contributed by atoms with Gasteiger partial charge in [-0.1, -0.05) is 0 Å². The normalized spacial score (nSPS) is 16.6. The number of aliphatic carboxylic acids is 1. The van der Waals surface area contributed by atoms with E-state index in [9.17, 15) is 9.00 Å². The first-order valence-electron chi connectivity index (χ1n) is 3.81. The highest BCUT2D eigenvalue weighted by Gasteiger charge is 2.12. The molecule has 0 aromatic heterocycles. The lowest BCUT2D eigenvalue weighted by Gasteiger charge is -2.04. The lowest BCUT2D eigenvalue weighted by atomic mass is 10.2. The molecule has 0 rings (SSSR count). The van der Waals surface area contributed by atoms with Gasteiger partial charge in [0.2, 0.25) is 0 Å². The van der Waals surface area contributed by atoms with Crippen LogP contribution in [0.5, 0.6) is 0 Å². The van der Waals surface area contributed by atoms with E-state index in [0.29, 0.717) is 0 Å². The van der Waals surface area contributed by atoms with E-state index in [1.54, 1.807) is 0 Å². The average Bonchev–Trinajstić information content (AvgIpc) is 1.95. The van der Waals surface area contributed by atoms with Crippen LogP contribution in [0.3, 0.4) is 0 Å². The van der Waals surface area contributed by atoms with Crippen LogP contribution < -0.4 is 5.73 Å². The summed E-state index contributed by atoms with van der Waals surface area (Å²) in [6.45, 7) is 0. The Hall–Kier alpha value is -0.510. The molecule has 0 aromatic rings. The number of carbonyl (C=O) groups is 1. The number of carboxylic acid groups (broad SMARTS) is 1. The van der Waals surface area contributed by atoms with E-state index in [1.807, 2.05) is 0 Å². The Balaban J connectivity index is 0. The van der Waals surface area contributed by atoms with Crippen LogP contribution in [0.4, 0.5) is 0 Å². The number of hydrogen-bond donors (Lipinski definition) is 6. The van der Waals surface area contributed by atoms with E-state index in [2.05, 4.69) is 0 Å². The van der Waals surface area contributed by atoms with E-state index in [4.69, 9.17) is 34.9 Å². The average molecular weight is 278 g/mol. The summed E-state index contributed by atoms with van der Waals surface area (Å²) < 4.78 is 26.6. The number of nitrogens with one attached hydrogen (secondary N) is 1. The molecule has 11 heteroatoms. The molecule has 0 amide bonds. The lowest BCUT2D eigenvalue weighted by Crippen LogP contribution is -2.31. The van der Waals surface area contributed by atoms with Gasteiger partial charge < -0.3 is 25.5 Å². The fraction of sp³-hybridized carbons (Fsp3) is 0.800. The van der Waals surface area contributed by atoms with Crippen LogP contribution in [0.1, 0.15) is 6.42 Å². The Morgan fingerprint density at radius 3 is 2.00 bits per heavy atom. The molecule has 9 nitrogen and oxygen atoms in total. The van der Waals surface area contributed by atoms with Gasteiger partial charge in [0.05, 0.1) is 0 Å². The van der Waals surface area contributed by atoms with Crippen molar-refractivity contribution in [3.05, 3.63) is 0 Å². The van der Waals surface area contributed by atoms with E-state index >= 15 is 0 Å². The van der Waals surface area contributed by atoms with E-state index < -0.39 is 29.6 Å². The zero-order valence-corrected chi connectivity index (χ0v) is 10.1. The molecule has 16 heavy (non-hydrogen) atoms. The van der Waals surface area contributed by atoms with Crippen LogP contribution >= 0.6 is 7.82 Å². The summed E-state index contributed by atoms with van der Waals surface area (Å²) >= 11 is 0. The van der Waals surface area contributed by atoms with Gasteiger partial charge in [-0.15, -0.1) is 0 Å². The maximum atomic E-state index is 10.7. The van der Waals surface area contributed by atoms with Crippen LogP contribution in [0.15, 0.2) is 0 Å². The molecule has 0 aliphatic carbocycles. The summed E-state index contributed by atoms with van der Waals surface area (Å²) in [4.78, 5) is 31.7. The third-order valence-electron chi connectivity index (χ3n) is 1.14. The largest absolute Gasteiger partial charge is 0.480 e. The molecule has 0 heterocycles. The standard InChI is InChI=1S/C5H12N2O3S.H3O4P/c1-11(7,10)3-2-4(6)5(8)9;1-5(2,3)4/h4,7H,2-3,6H2,1H3,(H,8,9);(H3,1,2,3,4)/t4-,11-;/m0./s1. The molecular formula is C5H15N2O7PS. The number of rotatable bonds is 4. The van der Waals surface area contributed by atoms with Crippen LogP contribution in [-0.4, -0.2) is 48.0 Å². The van der Waals surface area contributed by atoms with Gasteiger partial charge in [-0.3, -0.25) is 13.8 Å². The Morgan fingerprint density at radius 1 is 1.50 bits per heavy atom. The van der Waals surface area contributed by atoms with Crippen molar-refractivity contribution in [3.63, 3.8) is 0 Å². The third kappa shape index (κ3) is 23.4. The predicted octanol–water partition coefficient (Wildman–Crippen LogP) is -1.46. The van der Waals surface area contributed by atoms with Crippen molar-refractivity contribution in [2.75, 3.05) is 12.0 Å². The number of hydrogen-bond acceptors (Lipinski definition) is 5. The van der Waals surface area contributed by atoms with Gasteiger partial charge in [0.1, 0.15) is 6.04 Å². The Morgan fingerprint density at radius 2 is 1.81 bits per heavy atom. The highest BCUT2D eigenvalue weighted by molar-refractivity contribution is 7.91. The Bertz CT molecular complexity index is 353. The van der Waals surface area contributed by atoms with E-state index in [0.717, 1.165) is 0 Å². The minimum atomic E-state index is -4.64. The molecule has 0 fully saturated rings. The van der Waals surface area contributed by atoms with Crippen LogP contribution in [0.25, 0.3) is 0 Å². The molecule has 0 saturated carbocycles. The fourth-order valence-electron chi connectivity index (χ4n) is 0.475. The molecule has 0 aliphatic rings. The predicted molar refractivity (Wildman–Crippen MR) is 56.1 cm³/mol. The second-order valence-electron chi connectivity index (χ2n) is 2.96. The number of nitrogens with two attached hydrogens (primary N) is 1. The second kappa shape index (κ2) is 6.94. The molecule has 0 spiro atoms. The second-order valence-corrected chi connectivity index (χ2v) is 6.40. The summed E-state index contributed by atoms with van der Waals surface area (Å²) in [5.41, 5.74) is 5.12. The first-order chi connectivity index (χ1) is 6.83. The lowest BCUT2D eigenvalue weighted by molar-refractivity contribution is -0.138. The van der Waals surface area contributed by atoms with Gasteiger partial charge in [-0.25, -0.2) is 4.57 Å². The summed E-state index contributed by atoms with van der Waals surface area (Å²) in [6.07, 6.45) is 1.36. The monoisotopic (exact) mass is 278 g/mol. The minimum absolute atomic E-state index is 0.0421. The smallest absolute Gasteiger partial charge is 0.466 e. The first kappa shape index (κ1) is 17.9.